The molecule has 0 saturated heterocycles. The number of phenolic OH excluding ortho intramolecular Hbond substituents is 1. The van der Waals surface area contributed by atoms with Gasteiger partial charge in [-0.15, -0.1) is 0 Å². The molecule has 5 nitrogen and oxygen atoms in total. The van der Waals surface area contributed by atoms with Crippen molar-refractivity contribution >= 4 is 5.71 Å². The minimum absolute atomic E-state index is 0.0109. The average molecular weight is 240 g/mol. The van der Waals surface area contributed by atoms with Crippen LogP contribution in [0.5, 0.6) is 5.75 Å². The Balaban J connectivity index is 1.81. The summed E-state index contributed by atoms with van der Waals surface area (Å²) in [4.78, 5) is 8.24. The van der Waals surface area contributed by atoms with E-state index in [2.05, 4.69) is 20.5 Å². The van der Waals surface area contributed by atoms with E-state index in [9.17, 15) is 5.11 Å². The van der Waals surface area contributed by atoms with Gasteiger partial charge in [0.25, 0.3) is 0 Å². The normalized spacial score (nSPS) is 18.2. The standard InChI is InChI=1S/C13H12N4O/c18-13-4-2-1-3-9(13)10-7-11(17-16-10)12-8-14-5-6-15-12/h1-6,8,10,16,18H,7H2. The van der Waals surface area contributed by atoms with E-state index in [1.165, 1.54) is 0 Å². The van der Waals surface area contributed by atoms with E-state index >= 15 is 0 Å². The van der Waals surface area contributed by atoms with E-state index in [0.29, 0.717) is 6.42 Å². The van der Waals surface area contributed by atoms with Crippen LogP contribution in [0.3, 0.4) is 0 Å². The lowest BCUT2D eigenvalue weighted by Gasteiger charge is -2.11. The third kappa shape index (κ3) is 1.90. The number of hydrazone groups is 1. The Morgan fingerprint density at radius 3 is 2.89 bits per heavy atom. The molecule has 0 radical (unpaired) electrons. The van der Waals surface area contributed by atoms with Crippen LogP contribution in [0.25, 0.3) is 0 Å². The largest absolute Gasteiger partial charge is 0.508 e. The van der Waals surface area contributed by atoms with Gasteiger partial charge in [0.05, 0.1) is 18.0 Å². The second kappa shape index (κ2) is 4.44. The fraction of sp³-hybridized carbons (Fsp3) is 0.154. The quantitative estimate of drug-likeness (QED) is 0.836. The van der Waals surface area contributed by atoms with Crippen molar-refractivity contribution in [1.29, 1.82) is 0 Å². The number of phenols is 1. The molecule has 5 heteroatoms. The Hall–Kier alpha value is -2.43. The molecule has 0 aliphatic carbocycles. The van der Waals surface area contributed by atoms with Crippen molar-refractivity contribution in [3.63, 3.8) is 0 Å². The maximum Gasteiger partial charge on any atom is 0.120 e. The lowest BCUT2D eigenvalue weighted by molar-refractivity contribution is 0.455. The first kappa shape index (κ1) is 10.7. The van der Waals surface area contributed by atoms with Gasteiger partial charge in [-0.25, -0.2) is 0 Å². The maximum atomic E-state index is 9.81. The van der Waals surface area contributed by atoms with Crippen molar-refractivity contribution in [1.82, 2.24) is 15.4 Å². The van der Waals surface area contributed by atoms with Crippen LogP contribution in [0.1, 0.15) is 23.7 Å². The number of hydrogen-bond donors (Lipinski definition) is 2. The van der Waals surface area contributed by atoms with Crippen molar-refractivity contribution < 1.29 is 5.11 Å². The average Bonchev–Trinajstić information content (AvgIpc) is 2.90. The number of nitrogens with zero attached hydrogens (tertiary/aromatic N) is 3. The van der Waals surface area contributed by atoms with Crippen LogP contribution in [0.4, 0.5) is 0 Å². The van der Waals surface area contributed by atoms with Gasteiger partial charge in [-0.2, -0.15) is 5.10 Å². The van der Waals surface area contributed by atoms with Gasteiger partial charge in [0.2, 0.25) is 0 Å². The van der Waals surface area contributed by atoms with Crippen LogP contribution in [0.15, 0.2) is 48.0 Å². The van der Waals surface area contributed by atoms with E-state index in [1.54, 1.807) is 30.7 Å². The molecule has 2 heterocycles. The third-order valence-corrected chi connectivity index (χ3v) is 2.92. The second-order valence-corrected chi connectivity index (χ2v) is 4.09. The van der Waals surface area contributed by atoms with Gasteiger partial charge in [0.1, 0.15) is 11.4 Å². The molecule has 1 unspecified atom stereocenters. The summed E-state index contributed by atoms with van der Waals surface area (Å²) in [5, 5.41) is 14.1. The fourth-order valence-corrected chi connectivity index (χ4v) is 2.01. The van der Waals surface area contributed by atoms with E-state index in [1.807, 2.05) is 12.1 Å². The highest BCUT2D eigenvalue weighted by Gasteiger charge is 2.23. The highest BCUT2D eigenvalue weighted by Crippen LogP contribution is 2.29. The molecule has 90 valence electrons. The number of nitrogens with one attached hydrogen (secondary N) is 1. The van der Waals surface area contributed by atoms with Crippen molar-refractivity contribution in [2.45, 2.75) is 12.5 Å². The molecule has 0 fully saturated rings. The molecule has 3 rings (SSSR count). The van der Waals surface area contributed by atoms with Gasteiger partial charge in [-0.3, -0.25) is 9.97 Å². The molecule has 0 bridgehead atoms. The van der Waals surface area contributed by atoms with E-state index in [4.69, 9.17) is 0 Å². The second-order valence-electron chi connectivity index (χ2n) is 4.09. The Kier molecular flexibility index (Phi) is 2.64. The summed E-state index contributed by atoms with van der Waals surface area (Å²) in [6.07, 6.45) is 5.65. The number of para-hydroxylation sites is 1. The highest BCUT2D eigenvalue weighted by molar-refractivity contribution is 5.99. The summed E-state index contributed by atoms with van der Waals surface area (Å²) in [5.74, 6) is 0.283. The summed E-state index contributed by atoms with van der Waals surface area (Å²) < 4.78 is 0. The minimum Gasteiger partial charge on any atom is -0.508 e. The predicted molar refractivity (Wildman–Crippen MR) is 67.2 cm³/mol. The van der Waals surface area contributed by atoms with Crippen LogP contribution in [0, 0.1) is 0 Å². The van der Waals surface area contributed by atoms with Crippen LogP contribution < -0.4 is 5.43 Å². The predicted octanol–water partition coefficient (Wildman–Crippen LogP) is 1.62. The Labute approximate surface area is 104 Å². The maximum absolute atomic E-state index is 9.81. The van der Waals surface area contributed by atoms with Crippen molar-refractivity contribution in [2.24, 2.45) is 5.10 Å². The zero-order valence-electron chi connectivity index (χ0n) is 9.61. The Morgan fingerprint density at radius 2 is 2.11 bits per heavy atom. The van der Waals surface area contributed by atoms with Gasteiger partial charge in [-0.05, 0) is 6.07 Å². The minimum atomic E-state index is -0.0109. The molecule has 1 aromatic heterocycles. The molecule has 1 aliphatic heterocycles. The molecule has 2 N–H and O–H groups in total. The molecule has 2 aromatic rings. The lowest BCUT2D eigenvalue weighted by atomic mass is 10.0. The first-order valence-electron chi connectivity index (χ1n) is 5.71. The number of aromatic hydroxyl groups is 1. The molecule has 0 amide bonds. The first-order valence-corrected chi connectivity index (χ1v) is 5.71. The van der Waals surface area contributed by atoms with Crippen LogP contribution in [-0.2, 0) is 0 Å². The summed E-state index contributed by atoms with van der Waals surface area (Å²) >= 11 is 0. The number of benzene rings is 1. The van der Waals surface area contributed by atoms with Crippen LogP contribution in [0.2, 0.25) is 0 Å². The molecular formula is C13H12N4O. The number of rotatable bonds is 2. The molecule has 1 aromatic carbocycles. The zero-order chi connectivity index (χ0) is 12.4. The Morgan fingerprint density at radius 1 is 1.22 bits per heavy atom. The fourth-order valence-electron chi connectivity index (χ4n) is 2.01. The van der Waals surface area contributed by atoms with Crippen molar-refractivity contribution in [3.05, 3.63) is 54.1 Å². The monoisotopic (exact) mass is 240 g/mol. The summed E-state index contributed by atoms with van der Waals surface area (Å²) in [7, 11) is 0. The van der Waals surface area contributed by atoms with Gasteiger partial charge >= 0.3 is 0 Å². The summed E-state index contributed by atoms with van der Waals surface area (Å²) in [6, 6.07) is 7.26. The van der Waals surface area contributed by atoms with Gasteiger partial charge in [-0.1, -0.05) is 18.2 Å². The van der Waals surface area contributed by atoms with E-state index in [0.717, 1.165) is 17.0 Å². The van der Waals surface area contributed by atoms with Crippen LogP contribution in [-0.4, -0.2) is 20.8 Å². The molecule has 0 spiro atoms. The lowest BCUT2D eigenvalue weighted by Crippen LogP contribution is -2.10. The van der Waals surface area contributed by atoms with Gasteiger partial charge in [0, 0.05) is 24.4 Å². The van der Waals surface area contributed by atoms with Crippen molar-refractivity contribution in [3.8, 4) is 5.75 Å². The number of aromatic nitrogens is 2. The summed E-state index contributed by atoms with van der Waals surface area (Å²) in [6.45, 7) is 0. The first-order chi connectivity index (χ1) is 8.84. The third-order valence-electron chi connectivity index (χ3n) is 2.92. The zero-order valence-corrected chi connectivity index (χ0v) is 9.61. The molecule has 0 saturated carbocycles. The van der Waals surface area contributed by atoms with Crippen LogP contribution >= 0.6 is 0 Å². The van der Waals surface area contributed by atoms with E-state index < -0.39 is 0 Å². The molecular weight excluding hydrogens is 228 g/mol. The van der Waals surface area contributed by atoms with Gasteiger partial charge in [0.15, 0.2) is 0 Å². The SMILES string of the molecule is Oc1ccccc1C1CC(c2cnccn2)=NN1. The topological polar surface area (TPSA) is 70.4 Å². The molecule has 1 aliphatic rings. The van der Waals surface area contributed by atoms with Crippen molar-refractivity contribution in [2.75, 3.05) is 0 Å². The summed E-state index contributed by atoms with van der Waals surface area (Å²) in [5.41, 5.74) is 5.49. The number of hydrogen-bond acceptors (Lipinski definition) is 5. The highest BCUT2D eigenvalue weighted by atomic mass is 16.3. The van der Waals surface area contributed by atoms with E-state index in [-0.39, 0.29) is 11.8 Å². The smallest absolute Gasteiger partial charge is 0.120 e. The molecule has 18 heavy (non-hydrogen) atoms. The molecule has 1 atom stereocenters. The Bertz CT molecular complexity index is 583. The van der Waals surface area contributed by atoms with Gasteiger partial charge < -0.3 is 10.5 Å².